The van der Waals surface area contributed by atoms with E-state index < -0.39 is 0 Å². The van der Waals surface area contributed by atoms with E-state index in [0.29, 0.717) is 6.54 Å². The standard InChI is InChI=1S/C21H27BrN2O2/c1-21(2)9-11-24(18-12-16(22)7-8-17(18)21)20(26)15-4-3-10-23(13-15)19(25)14-5-6-14/h7-8,12,14-15H,3-6,9-11,13H2,1-2H3/t15-/m0/s1. The first-order chi connectivity index (χ1) is 12.4. The van der Waals surface area contributed by atoms with Crippen LogP contribution >= 0.6 is 15.9 Å². The van der Waals surface area contributed by atoms with Crippen LogP contribution in [-0.2, 0) is 15.0 Å². The predicted molar refractivity (Wildman–Crippen MR) is 106 cm³/mol. The maximum Gasteiger partial charge on any atom is 0.231 e. The van der Waals surface area contributed by atoms with Gasteiger partial charge in [-0.05, 0) is 55.2 Å². The number of carbonyl (C=O) groups is 2. The number of fused-ring (bicyclic) bond motifs is 1. The Balaban J connectivity index is 1.56. The molecule has 4 nitrogen and oxygen atoms in total. The molecule has 0 spiro atoms. The van der Waals surface area contributed by atoms with Crippen LogP contribution in [0.4, 0.5) is 5.69 Å². The second-order valence-electron chi connectivity index (χ2n) is 8.68. The molecule has 2 fully saturated rings. The lowest BCUT2D eigenvalue weighted by Gasteiger charge is -2.42. The molecule has 4 rings (SSSR count). The van der Waals surface area contributed by atoms with E-state index in [-0.39, 0.29) is 29.1 Å². The minimum Gasteiger partial charge on any atom is -0.342 e. The second-order valence-corrected chi connectivity index (χ2v) is 9.60. The molecule has 0 aromatic heterocycles. The maximum atomic E-state index is 13.4. The fourth-order valence-corrected chi connectivity index (χ4v) is 4.71. The number of amides is 2. The smallest absolute Gasteiger partial charge is 0.231 e. The highest BCUT2D eigenvalue weighted by molar-refractivity contribution is 9.10. The Labute approximate surface area is 164 Å². The Morgan fingerprint density at radius 2 is 1.85 bits per heavy atom. The van der Waals surface area contributed by atoms with Crippen LogP contribution in [0.1, 0.15) is 51.5 Å². The molecule has 1 saturated heterocycles. The number of carbonyl (C=O) groups excluding carboxylic acids is 2. The molecule has 26 heavy (non-hydrogen) atoms. The van der Waals surface area contributed by atoms with Crippen LogP contribution in [0.2, 0.25) is 0 Å². The third-order valence-corrected chi connectivity index (χ3v) is 6.71. The highest BCUT2D eigenvalue weighted by Gasteiger charge is 2.40. The summed E-state index contributed by atoms with van der Waals surface area (Å²) < 4.78 is 1.00. The molecule has 1 saturated carbocycles. The Bertz CT molecular complexity index is 742. The van der Waals surface area contributed by atoms with Gasteiger partial charge in [0, 0.05) is 35.7 Å². The molecule has 3 aliphatic rings. The molecular formula is C21H27BrN2O2. The molecule has 1 atom stereocenters. The topological polar surface area (TPSA) is 40.6 Å². The van der Waals surface area contributed by atoms with Crippen LogP contribution in [0, 0.1) is 11.8 Å². The summed E-state index contributed by atoms with van der Waals surface area (Å²) in [7, 11) is 0. The monoisotopic (exact) mass is 418 g/mol. The molecule has 1 aromatic carbocycles. The maximum absolute atomic E-state index is 13.4. The van der Waals surface area contributed by atoms with Gasteiger partial charge in [0.25, 0.3) is 0 Å². The van der Waals surface area contributed by atoms with Crippen LogP contribution in [0.5, 0.6) is 0 Å². The van der Waals surface area contributed by atoms with E-state index in [9.17, 15) is 9.59 Å². The van der Waals surface area contributed by atoms with E-state index in [4.69, 9.17) is 0 Å². The molecule has 0 N–H and O–H groups in total. The van der Waals surface area contributed by atoms with Crippen LogP contribution < -0.4 is 4.90 Å². The first-order valence-corrected chi connectivity index (χ1v) is 10.6. The Hall–Kier alpha value is -1.36. The number of likely N-dealkylation sites (tertiary alicyclic amines) is 1. The summed E-state index contributed by atoms with van der Waals surface area (Å²) in [4.78, 5) is 29.7. The van der Waals surface area contributed by atoms with Gasteiger partial charge in [0.15, 0.2) is 0 Å². The Morgan fingerprint density at radius 3 is 2.58 bits per heavy atom. The van der Waals surface area contributed by atoms with Crippen molar-refractivity contribution in [1.29, 1.82) is 0 Å². The van der Waals surface area contributed by atoms with Crippen molar-refractivity contribution in [2.24, 2.45) is 11.8 Å². The first-order valence-electron chi connectivity index (χ1n) is 9.77. The van der Waals surface area contributed by atoms with Crippen molar-refractivity contribution in [2.75, 3.05) is 24.5 Å². The van der Waals surface area contributed by atoms with E-state index in [1.807, 2.05) is 9.80 Å². The van der Waals surface area contributed by atoms with Gasteiger partial charge in [0.1, 0.15) is 0 Å². The number of hydrogen-bond acceptors (Lipinski definition) is 2. The number of nitrogens with zero attached hydrogens (tertiary/aromatic N) is 2. The second kappa shape index (κ2) is 6.66. The van der Waals surface area contributed by atoms with Gasteiger partial charge in [-0.15, -0.1) is 0 Å². The third-order valence-electron chi connectivity index (χ3n) is 6.22. The van der Waals surface area contributed by atoms with Gasteiger partial charge < -0.3 is 9.80 Å². The molecule has 2 amide bonds. The summed E-state index contributed by atoms with van der Waals surface area (Å²) in [6.07, 6.45) is 4.83. The summed E-state index contributed by atoms with van der Waals surface area (Å²) in [5.41, 5.74) is 2.35. The molecule has 2 aliphatic heterocycles. The average Bonchev–Trinajstić information content (AvgIpc) is 3.45. The number of anilines is 1. The largest absolute Gasteiger partial charge is 0.342 e. The van der Waals surface area contributed by atoms with Crippen molar-refractivity contribution >= 4 is 33.4 Å². The molecule has 5 heteroatoms. The lowest BCUT2D eigenvalue weighted by molar-refractivity contribution is -0.136. The van der Waals surface area contributed by atoms with Crippen molar-refractivity contribution in [3.05, 3.63) is 28.2 Å². The van der Waals surface area contributed by atoms with E-state index >= 15 is 0 Å². The molecule has 1 aliphatic carbocycles. The minimum atomic E-state index is -0.0699. The zero-order chi connectivity index (χ0) is 18.5. The number of halogens is 1. The molecular weight excluding hydrogens is 392 g/mol. The Kier molecular flexibility index (Phi) is 4.62. The van der Waals surface area contributed by atoms with Crippen LogP contribution in [0.3, 0.4) is 0 Å². The first kappa shape index (κ1) is 18.0. The average molecular weight is 419 g/mol. The number of piperidine rings is 1. The van der Waals surface area contributed by atoms with Crippen LogP contribution in [-0.4, -0.2) is 36.3 Å². The van der Waals surface area contributed by atoms with Crippen molar-refractivity contribution in [2.45, 2.75) is 51.4 Å². The normalized spacial score (nSPS) is 25.0. The van der Waals surface area contributed by atoms with Gasteiger partial charge in [-0.2, -0.15) is 0 Å². The van der Waals surface area contributed by atoms with Crippen molar-refractivity contribution < 1.29 is 9.59 Å². The summed E-state index contributed by atoms with van der Waals surface area (Å²) in [5.74, 6) is 0.620. The summed E-state index contributed by atoms with van der Waals surface area (Å²) in [6, 6.07) is 6.28. The van der Waals surface area contributed by atoms with Gasteiger partial charge >= 0.3 is 0 Å². The number of hydrogen-bond donors (Lipinski definition) is 0. The van der Waals surface area contributed by atoms with Gasteiger partial charge in [-0.1, -0.05) is 35.8 Å². The fraction of sp³-hybridized carbons (Fsp3) is 0.619. The molecule has 2 heterocycles. The zero-order valence-electron chi connectivity index (χ0n) is 15.6. The highest BCUT2D eigenvalue weighted by atomic mass is 79.9. The third kappa shape index (κ3) is 3.30. The van der Waals surface area contributed by atoms with Gasteiger partial charge in [0.2, 0.25) is 11.8 Å². The summed E-state index contributed by atoms with van der Waals surface area (Å²) in [6.45, 7) is 6.66. The molecule has 0 unspecified atom stereocenters. The van der Waals surface area contributed by atoms with Crippen molar-refractivity contribution in [3.63, 3.8) is 0 Å². The lowest BCUT2D eigenvalue weighted by Crippen LogP contribution is -2.49. The quantitative estimate of drug-likeness (QED) is 0.724. The van der Waals surface area contributed by atoms with E-state index in [1.54, 1.807) is 0 Å². The highest BCUT2D eigenvalue weighted by Crippen LogP contribution is 2.42. The van der Waals surface area contributed by atoms with E-state index in [1.165, 1.54) is 5.56 Å². The minimum absolute atomic E-state index is 0.0699. The van der Waals surface area contributed by atoms with Crippen LogP contribution in [0.15, 0.2) is 22.7 Å². The Morgan fingerprint density at radius 1 is 1.08 bits per heavy atom. The predicted octanol–water partition coefficient (Wildman–Crippen LogP) is 4.11. The molecule has 1 aromatic rings. The fourth-order valence-electron chi connectivity index (χ4n) is 4.36. The molecule has 0 bridgehead atoms. The molecule has 140 valence electrons. The van der Waals surface area contributed by atoms with E-state index in [0.717, 1.165) is 55.4 Å². The zero-order valence-corrected chi connectivity index (χ0v) is 17.2. The van der Waals surface area contributed by atoms with Crippen molar-refractivity contribution in [3.8, 4) is 0 Å². The van der Waals surface area contributed by atoms with Gasteiger partial charge in [-0.3, -0.25) is 9.59 Å². The van der Waals surface area contributed by atoms with Gasteiger partial charge in [0.05, 0.1) is 5.92 Å². The van der Waals surface area contributed by atoms with Gasteiger partial charge in [-0.25, -0.2) is 0 Å². The SMILES string of the molecule is CC1(C)CCN(C(=O)[C@H]2CCCN(C(=O)C3CC3)C2)c2cc(Br)ccc21. The number of benzene rings is 1. The van der Waals surface area contributed by atoms with Crippen LogP contribution in [0.25, 0.3) is 0 Å². The summed E-state index contributed by atoms with van der Waals surface area (Å²) in [5, 5.41) is 0. The van der Waals surface area contributed by atoms with E-state index in [2.05, 4.69) is 48.0 Å². The number of rotatable bonds is 2. The van der Waals surface area contributed by atoms with Crippen molar-refractivity contribution in [1.82, 2.24) is 4.90 Å². The summed E-state index contributed by atoms with van der Waals surface area (Å²) >= 11 is 3.56. The lowest BCUT2D eigenvalue weighted by atomic mass is 9.77. The molecule has 0 radical (unpaired) electrons.